The van der Waals surface area contributed by atoms with E-state index in [1.807, 2.05) is 19.9 Å². The van der Waals surface area contributed by atoms with Crippen molar-refractivity contribution in [2.45, 2.75) is 20.8 Å². The van der Waals surface area contributed by atoms with Crippen LogP contribution in [0.4, 0.5) is 0 Å². The molecule has 0 aromatic rings. The molecule has 0 fully saturated rings. The largest absolute Gasteiger partial charge is 0.290 e. The van der Waals surface area contributed by atoms with Crippen LogP contribution in [-0.2, 0) is 9.59 Å². The molecule has 0 N–H and O–H groups in total. The maximum Gasteiger partial charge on any atom is 0.186 e. The molecular weight excluding hydrogens is 164 g/mol. The Kier molecular flexibility index (Phi) is 2.61. The molecule has 0 aliphatic heterocycles. The molecule has 0 bridgehead atoms. The first-order valence-electron chi connectivity index (χ1n) is 4.18. The first-order valence-corrected chi connectivity index (χ1v) is 4.18. The van der Waals surface area contributed by atoms with Crippen molar-refractivity contribution in [2.75, 3.05) is 0 Å². The molecule has 1 aliphatic carbocycles. The second-order valence-corrected chi connectivity index (χ2v) is 3.09. The van der Waals surface area contributed by atoms with E-state index < -0.39 is 0 Å². The van der Waals surface area contributed by atoms with Crippen molar-refractivity contribution in [3.8, 4) is 0 Å². The highest BCUT2D eigenvalue weighted by molar-refractivity contribution is 6.21. The minimum absolute atomic E-state index is 0.0733. The molecule has 0 heterocycles. The third-order valence-electron chi connectivity index (χ3n) is 2.14. The van der Waals surface area contributed by atoms with Crippen LogP contribution in [0.15, 0.2) is 34.9 Å². The lowest BCUT2D eigenvalue weighted by molar-refractivity contribution is -0.115. The van der Waals surface area contributed by atoms with Gasteiger partial charge in [-0.3, -0.25) is 9.59 Å². The van der Waals surface area contributed by atoms with Crippen LogP contribution in [0.5, 0.6) is 0 Å². The number of ketones is 2. The summed E-state index contributed by atoms with van der Waals surface area (Å²) < 4.78 is 0. The zero-order valence-corrected chi connectivity index (χ0v) is 8.05. The summed E-state index contributed by atoms with van der Waals surface area (Å²) in [7, 11) is 0. The predicted octanol–water partition coefficient (Wildman–Crippen LogP) is 1.98. The Morgan fingerprint density at radius 1 is 1.23 bits per heavy atom. The van der Waals surface area contributed by atoms with Crippen LogP contribution in [0.2, 0.25) is 0 Å². The second kappa shape index (κ2) is 3.52. The first kappa shape index (κ1) is 9.65. The summed E-state index contributed by atoms with van der Waals surface area (Å²) in [6.07, 6.45) is 4.63. The Labute approximate surface area is 77.6 Å². The third-order valence-corrected chi connectivity index (χ3v) is 2.14. The van der Waals surface area contributed by atoms with E-state index in [2.05, 4.69) is 0 Å². The van der Waals surface area contributed by atoms with Gasteiger partial charge in [0.2, 0.25) is 0 Å². The average Bonchev–Trinajstić information content (AvgIpc) is 2.10. The molecule has 0 radical (unpaired) electrons. The maximum absolute atomic E-state index is 11.4. The summed E-state index contributed by atoms with van der Waals surface area (Å²) in [4.78, 5) is 22.7. The topological polar surface area (TPSA) is 34.1 Å². The molecule has 0 aromatic carbocycles. The van der Waals surface area contributed by atoms with Crippen LogP contribution in [0, 0.1) is 0 Å². The van der Waals surface area contributed by atoms with Crippen LogP contribution in [0.3, 0.4) is 0 Å². The van der Waals surface area contributed by atoms with E-state index in [0.717, 1.165) is 5.57 Å². The van der Waals surface area contributed by atoms with E-state index in [1.54, 1.807) is 6.92 Å². The molecule has 0 saturated carbocycles. The lowest BCUT2D eigenvalue weighted by atomic mass is 9.93. The van der Waals surface area contributed by atoms with Gasteiger partial charge in [0.25, 0.3) is 0 Å². The van der Waals surface area contributed by atoms with Gasteiger partial charge in [0.1, 0.15) is 0 Å². The van der Waals surface area contributed by atoms with Gasteiger partial charge in [-0.05, 0) is 38.5 Å². The quantitative estimate of drug-likeness (QED) is 0.572. The standard InChI is InChI=1S/C11H12O2/c1-4-7(2)9-6-10(12)8(3)5-11(9)13/h4-6H,1-3H3/b7-4+. The molecule has 0 saturated heterocycles. The van der Waals surface area contributed by atoms with Gasteiger partial charge < -0.3 is 0 Å². The molecule has 1 aliphatic rings. The fourth-order valence-electron chi connectivity index (χ4n) is 1.13. The van der Waals surface area contributed by atoms with Gasteiger partial charge in [-0.1, -0.05) is 6.08 Å². The molecule has 13 heavy (non-hydrogen) atoms. The summed E-state index contributed by atoms with van der Waals surface area (Å²) >= 11 is 0. The normalized spacial score (nSPS) is 18.5. The van der Waals surface area contributed by atoms with Crippen LogP contribution in [0.1, 0.15) is 20.8 Å². The maximum atomic E-state index is 11.4. The van der Waals surface area contributed by atoms with Crippen LogP contribution < -0.4 is 0 Å². The molecule has 1 rings (SSSR count). The van der Waals surface area contributed by atoms with Crippen molar-refractivity contribution in [1.29, 1.82) is 0 Å². The van der Waals surface area contributed by atoms with Crippen molar-refractivity contribution in [3.05, 3.63) is 34.9 Å². The average molecular weight is 176 g/mol. The fraction of sp³-hybridized carbons (Fsp3) is 0.273. The van der Waals surface area contributed by atoms with Crippen molar-refractivity contribution in [2.24, 2.45) is 0 Å². The molecule has 2 nitrogen and oxygen atoms in total. The van der Waals surface area contributed by atoms with Gasteiger partial charge in [-0.25, -0.2) is 0 Å². The highest BCUT2D eigenvalue weighted by Gasteiger charge is 2.17. The molecule has 0 spiro atoms. The number of allylic oxidation sites excluding steroid dienone is 6. The summed E-state index contributed by atoms with van der Waals surface area (Å²) in [5, 5.41) is 0. The SMILES string of the molecule is C/C=C(\C)C1=CC(=O)C(C)=CC1=O. The summed E-state index contributed by atoms with van der Waals surface area (Å²) in [5.74, 6) is -0.150. The smallest absolute Gasteiger partial charge is 0.186 e. The third kappa shape index (κ3) is 1.83. The Bertz CT molecular complexity index is 354. The molecule has 2 heteroatoms. The Morgan fingerprint density at radius 2 is 1.85 bits per heavy atom. The number of hydrogen-bond acceptors (Lipinski definition) is 2. The highest BCUT2D eigenvalue weighted by Crippen LogP contribution is 2.17. The van der Waals surface area contributed by atoms with Gasteiger partial charge in [-0.2, -0.15) is 0 Å². The number of carbonyl (C=O) groups is 2. The lowest BCUT2D eigenvalue weighted by Gasteiger charge is -2.09. The van der Waals surface area contributed by atoms with Gasteiger partial charge >= 0.3 is 0 Å². The van der Waals surface area contributed by atoms with Gasteiger partial charge in [0, 0.05) is 11.1 Å². The van der Waals surface area contributed by atoms with Crippen molar-refractivity contribution in [1.82, 2.24) is 0 Å². The molecule has 0 amide bonds. The molecular formula is C11H12O2. The van der Waals surface area contributed by atoms with Gasteiger partial charge in [0.15, 0.2) is 11.6 Å². The van der Waals surface area contributed by atoms with E-state index in [9.17, 15) is 9.59 Å². The van der Waals surface area contributed by atoms with Crippen molar-refractivity contribution < 1.29 is 9.59 Å². The highest BCUT2D eigenvalue weighted by atomic mass is 16.1. The second-order valence-electron chi connectivity index (χ2n) is 3.09. The lowest BCUT2D eigenvalue weighted by Crippen LogP contribution is -2.12. The van der Waals surface area contributed by atoms with Crippen LogP contribution >= 0.6 is 0 Å². The van der Waals surface area contributed by atoms with E-state index in [-0.39, 0.29) is 11.6 Å². The van der Waals surface area contributed by atoms with Crippen LogP contribution in [0.25, 0.3) is 0 Å². The summed E-state index contributed by atoms with van der Waals surface area (Å²) in [5.41, 5.74) is 1.87. The molecule has 0 unspecified atom stereocenters. The van der Waals surface area contributed by atoms with Crippen molar-refractivity contribution in [3.63, 3.8) is 0 Å². The minimum Gasteiger partial charge on any atom is -0.290 e. The Morgan fingerprint density at radius 3 is 2.38 bits per heavy atom. The predicted molar refractivity (Wildman–Crippen MR) is 51.3 cm³/mol. The van der Waals surface area contributed by atoms with Gasteiger partial charge in [0.05, 0.1) is 0 Å². The first-order chi connectivity index (χ1) is 6.06. The zero-order valence-electron chi connectivity index (χ0n) is 8.05. The van der Waals surface area contributed by atoms with Crippen LogP contribution in [-0.4, -0.2) is 11.6 Å². The summed E-state index contributed by atoms with van der Waals surface area (Å²) in [6, 6.07) is 0. The summed E-state index contributed by atoms with van der Waals surface area (Å²) in [6.45, 7) is 5.32. The van der Waals surface area contributed by atoms with E-state index >= 15 is 0 Å². The number of hydrogen-bond donors (Lipinski definition) is 0. The van der Waals surface area contributed by atoms with E-state index in [1.165, 1.54) is 12.2 Å². The zero-order chi connectivity index (χ0) is 10.0. The Balaban J connectivity index is 3.10. The number of carbonyl (C=O) groups excluding carboxylic acids is 2. The number of rotatable bonds is 1. The molecule has 0 aromatic heterocycles. The van der Waals surface area contributed by atoms with E-state index in [4.69, 9.17) is 0 Å². The molecule has 0 atom stereocenters. The monoisotopic (exact) mass is 176 g/mol. The van der Waals surface area contributed by atoms with Crippen molar-refractivity contribution >= 4 is 11.6 Å². The Hall–Kier alpha value is -1.44. The fourth-order valence-corrected chi connectivity index (χ4v) is 1.13. The van der Waals surface area contributed by atoms with E-state index in [0.29, 0.717) is 11.1 Å². The molecule has 68 valence electrons. The van der Waals surface area contributed by atoms with Gasteiger partial charge in [-0.15, -0.1) is 0 Å². The minimum atomic E-state index is -0.0762.